The van der Waals surface area contributed by atoms with Crippen LogP contribution < -0.4 is 4.72 Å². The van der Waals surface area contributed by atoms with Crippen LogP contribution in [0.15, 0.2) is 53.7 Å². The Kier molecular flexibility index (Phi) is 8.66. The summed E-state index contributed by atoms with van der Waals surface area (Å²) >= 11 is 0. The van der Waals surface area contributed by atoms with Crippen molar-refractivity contribution in [2.45, 2.75) is 95.5 Å². The Morgan fingerprint density at radius 2 is 1.82 bits per heavy atom. The summed E-state index contributed by atoms with van der Waals surface area (Å²) in [5.41, 5.74) is 4.29. The van der Waals surface area contributed by atoms with Crippen LogP contribution in [0.3, 0.4) is 0 Å². The van der Waals surface area contributed by atoms with Gasteiger partial charge in [-0.25, -0.2) is 12.8 Å². The molecule has 2 heterocycles. The van der Waals surface area contributed by atoms with E-state index in [2.05, 4.69) is 41.7 Å². The molecule has 40 heavy (non-hydrogen) atoms. The zero-order valence-electron chi connectivity index (χ0n) is 24.1. The van der Waals surface area contributed by atoms with Crippen molar-refractivity contribution in [3.05, 3.63) is 76.9 Å². The van der Waals surface area contributed by atoms with Gasteiger partial charge in [0.1, 0.15) is 5.82 Å². The van der Waals surface area contributed by atoms with E-state index in [1.165, 1.54) is 43.7 Å². The topological polar surface area (TPSA) is 67.2 Å². The average Bonchev–Trinajstić information content (AvgIpc) is 3.61. The summed E-state index contributed by atoms with van der Waals surface area (Å²) in [5, 5.41) is 4.50. The summed E-state index contributed by atoms with van der Waals surface area (Å²) in [6.45, 7) is 9.00. The number of rotatable bonds is 10. The van der Waals surface area contributed by atoms with Crippen molar-refractivity contribution in [2.24, 2.45) is 5.92 Å². The van der Waals surface area contributed by atoms with Gasteiger partial charge in [0.2, 0.25) is 0 Å². The van der Waals surface area contributed by atoms with E-state index in [4.69, 9.17) is 0 Å². The summed E-state index contributed by atoms with van der Waals surface area (Å²) in [4.78, 5) is 2.57. The molecule has 0 atom stereocenters. The first-order valence-corrected chi connectivity index (χ1v) is 16.2. The molecule has 0 saturated heterocycles. The maximum Gasteiger partial charge on any atom is 0.261 e. The van der Waals surface area contributed by atoms with Crippen LogP contribution in [0.1, 0.15) is 81.5 Å². The lowest BCUT2D eigenvalue weighted by Gasteiger charge is -2.29. The van der Waals surface area contributed by atoms with E-state index in [1.54, 1.807) is 18.2 Å². The normalized spacial score (nSPS) is 16.8. The predicted molar refractivity (Wildman–Crippen MR) is 158 cm³/mol. The molecule has 5 rings (SSSR count). The molecule has 1 aliphatic heterocycles. The van der Waals surface area contributed by atoms with Crippen molar-refractivity contribution in [1.29, 1.82) is 0 Å². The van der Waals surface area contributed by atoms with Crippen LogP contribution in [0, 0.1) is 11.7 Å². The minimum absolute atomic E-state index is 0.00165. The Hall–Kier alpha value is -2.71. The van der Waals surface area contributed by atoms with Crippen LogP contribution in [-0.4, -0.2) is 36.2 Å². The molecule has 2 aliphatic rings. The number of anilines is 1. The second-order valence-corrected chi connectivity index (χ2v) is 14.3. The van der Waals surface area contributed by atoms with Crippen molar-refractivity contribution in [1.82, 2.24) is 14.7 Å². The number of nitrogens with zero attached hydrogens (tertiary/aromatic N) is 3. The van der Waals surface area contributed by atoms with Gasteiger partial charge in [-0.05, 0) is 98.9 Å². The Balaban J connectivity index is 1.16. The van der Waals surface area contributed by atoms with E-state index in [-0.39, 0.29) is 16.1 Å². The molecule has 1 saturated carbocycles. The maximum absolute atomic E-state index is 14.9. The molecule has 0 radical (unpaired) electrons. The summed E-state index contributed by atoms with van der Waals surface area (Å²) in [6.07, 6.45) is 14.1. The molecule has 1 N–H and O–H groups in total. The number of aryl methyl sites for hydroxylation is 1. The molecule has 1 aromatic heterocycles. The Morgan fingerprint density at radius 1 is 1.02 bits per heavy atom. The first kappa shape index (κ1) is 28.8. The van der Waals surface area contributed by atoms with E-state index >= 15 is 0 Å². The number of hydrogen-bond donors (Lipinski definition) is 1. The molecule has 8 heteroatoms. The molecule has 216 valence electrons. The maximum atomic E-state index is 14.9. The molecule has 3 aromatic rings. The van der Waals surface area contributed by atoms with Crippen molar-refractivity contribution in [3.8, 4) is 0 Å². The van der Waals surface area contributed by atoms with Crippen LogP contribution in [-0.2, 0) is 41.4 Å². The molecular weight excluding hydrogens is 523 g/mol. The average molecular weight is 567 g/mol. The second kappa shape index (κ2) is 12.0. The van der Waals surface area contributed by atoms with Gasteiger partial charge < -0.3 is 0 Å². The van der Waals surface area contributed by atoms with Gasteiger partial charge in [0.05, 0.1) is 22.3 Å². The van der Waals surface area contributed by atoms with Crippen LogP contribution in [0.25, 0.3) is 0 Å². The molecule has 2 aromatic carbocycles. The fraction of sp³-hybridized carbons (Fsp3) is 0.531. The zero-order valence-corrected chi connectivity index (χ0v) is 24.9. The lowest BCUT2D eigenvalue weighted by molar-refractivity contribution is 0.257. The van der Waals surface area contributed by atoms with Gasteiger partial charge in [-0.1, -0.05) is 44.2 Å². The first-order chi connectivity index (χ1) is 19.1. The summed E-state index contributed by atoms with van der Waals surface area (Å²) in [6, 6.07) is 10.1. The van der Waals surface area contributed by atoms with Gasteiger partial charge in [0.25, 0.3) is 10.0 Å². The molecule has 0 unspecified atom stereocenters. The van der Waals surface area contributed by atoms with E-state index in [0.29, 0.717) is 0 Å². The first-order valence-electron chi connectivity index (χ1n) is 14.8. The van der Waals surface area contributed by atoms with Gasteiger partial charge in [-0.15, -0.1) is 0 Å². The van der Waals surface area contributed by atoms with Crippen molar-refractivity contribution < 1.29 is 12.8 Å². The highest BCUT2D eigenvalue weighted by atomic mass is 32.2. The number of aromatic nitrogens is 2. The minimum Gasteiger partial charge on any atom is -0.298 e. The van der Waals surface area contributed by atoms with Gasteiger partial charge in [-0.3, -0.25) is 14.3 Å². The number of nitrogens with one attached hydrogen (secondary N) is 1. The quantitative estimate of drug-likeness (QED) is 0.297. The number of fused-ring (bicyclic) bond motifs is 1. The summed E-state index contributed by atoms with van der Waals surface area (Å²) in [7, 11) is -3.89. The molecule has 1 fully saturated rings. The molecular formula is C32H43FN4O2S. The van der Waals surface area contributed by atoms with Crippen LogP contribution in [0.4, 0.5) is 10.1 Å². The molecule has 0 amide bonds. The highest BCUT2D eigenvalue weighted by Gasteiger charge is 2.22. The fourth-order valence-electron chi connectivity index (χ4n) is 5.98. The third kappa shape index (κ3) is 7.13. The zero-order chi connectivity index (χ0) is 28.3. The predicted octanol–water partition coefficient (Wildman–Crippen LogP) is 6.69. The van der Waals surface area contributed by atoms with E-state index in [1.807, 2.05) is 23.0 Å². The second-order valence-electron chi connectivity index (χ2n) is 12.6. The molecule has 1 aliphatic carbocycles. The third-order valence-electron chi connectivity index (χ3n) is 8.45. The summed E-state index contributed by atoms with van der Waals surface area (Å²) < 4.78 is 45.6. The minimum atomic E-state index is -3.89. The van der Waals surface area contributed by atoms with Crippen LogP contribution >= 0.6 is 0 Å². The number of benzene rings is 2. The van der Waals surface area contributed by atoms with Crippen molar-refractivity contribution in [3.63, 3.8) is 0 Å². The summed E-state index contributed by atoms with van der Waals surface area (Å²) in [5.74, 6) is 0.295. The molecule has 0 spiro atoms. The SMILES string of the molecule is CC(C)(C)n1cc(CCN2CCc3cc(S(=O)(=O)Nc4ccc(CCCC5CCCC5)cc4F)ccc3C2)cn1. The van der Waals surface area contributed by atoms with E-state index in [0.717, 1.165) is 67.9 Å². The molecule has 0 bridgehead atoms. The lowest BCUT2D eigenvalue weighted by Crippen LogP contribution is -2.32. The fourth-order valence-corrected chi connectivity index (χ4v) is 7.10. The van der Waals surface area contributed by atoms with Crippen molar-refractivity contribution >= 4 is 15.7 Å². The Labute approximate surface area is 239 Å². The van der Waals surface area contributed by atoms with Crippen molar-refractivity contribution in [2.75, 3.05) is 17.8 Å². The number of hydrogen-bond acceptors (Lipinski definition) is 4. The van der Waals surface area contributed by atoms with Gasteiger partial charge >= 0.3 is 0 Å². The third-order valence-corrected chi connectivity index (χ3v) is 9.81. The van der Waals surface area contributed by atoms with Gasteiger partial charge in [0.15, 0.2) is 0 Å². The standard InChI is InChI=1S/C32H43FN4O2S/c1-32(2,3)37-22-26(21-34-37)15-17-36-18-16-27-20-29(13-12-28(27)23-36)40(38,39)35-31-14-11-25(19-30(31)33)10-6-9-24-7-4-5-8-24/h11-14,19-22,24,35H,4-10,15-18,23H2,1-3H3. The smallest absolute Gasteiger partial charge is 0.261 e. The Bertz CT molecular complexity index is 1420. The van der Waals surface area contributed by atoms with Crippen LogP contribution in [0.2, 0.25) is 0 Å². The monoisotopic (exact) mass is 566 g/mol. The Morgan fingerprint density at radius 3 is 2.55 bits per heavy atom. The number of sulfonamides is 1. The molecule has 6 nitrogen and oxygen atoms in total. The van der Waals surface area contributed by atoms with E-state index < -0.39 is 15.8 Å². The van der Waals surface area contributed by atoms with Crippen LogP contribution in [0.5, 0.6) is 0 Å². The van der Waals surface area contributed by atoms with E-state index in [9.17, 15) is 12.8 Å². The van der Waals surface area contributed by atoms with Gasteiger partial charge in [-0.2, -0.15) is 5.10 Å². The number of halogens is 1. The highest BCUT2D eigenvalue weighted by molar-refractivity contribution is 7.92. The van der Waals surface area contributed by atoms with Gasteiger partial charge in [0, 0.05) is 25.8 Å². The highest BCUT2D eigenvalue weighted by Crippen LogP contribution is 2.30. The largest absolute Gasteiger partial charge is 0.298 e. The lowest BCUT2D eigenvalue weighted by atomic mass is 9.98.